The first-order valence-corrected chi connectivity index (χ1v) is 8.83. The number of benzene rings is 1. The largest absolute Gasteiger partial charge is 0.488 e. The SMILES string of the molecule is Cn1nc(C(=O)NC2CCCCCC2)c2c1-c1ccccc1OC2. The second-order valence-electron chi connectivity index (χ2n) is 6.75. The molecule has 0 spiro atoms. The topological polar surface area (TPSA) is 56.2 Å². The van der Waals surface area contributed by atoms with E-state index in [9.17, 15) is 4.79 Å². The Morgan fingerprint density at radius 3 is 2.75 bits per heavy atom. The minimum absolute atomic E-state index is 0.0678. The molecule has 24 heavy (non-hydrogen) atoms. The molecular formula is C19H23N3O2. The molecule has 1 amide bonds. The number of rotatable bonds is 2. The van der Waals surface area contributed by atoms with Gasteiger partial charge in [-0.2, -0.15) is 5.10 Å². The summed E-state index contributed by atoms with van der Waals surface area (Å²) in [6.45, 7) is 0.396. The Balaban J connectivity index is 1.62. The Hall–Kier alpha value is -2.30. The number of fused-ring (bicyclic) bond motifs is 3. The van der Waals surface area contributed by atoms with Crippen LogP contribution in [-0.2, 0) is 13.7 Å². The van der Waals surface area contributed by atoms with Crippen molar-refractivity contribution in [2.45, 2.75) is 51.2 Å². The van der Waals surface area contributed by atoms with Crippen LogP contribution in [0.3, 0.4) is 0 Å². The zero-order valence-electron chi connectivity index (χ0n) is 14.0. The minimum Gasteiger partial charge on any atom is -0.488 e. The molecule has 0 atom stereocenters. The fourth-order valence-corrected chi connectivity index (χ4v) is 3.84. The van der Waals surface area contributed by atoms with Crippen LogP contribution in [0.5, 0.6) is 5.75 Å². The van der Waals surface area contributed by atoms with Gasteiger partial charge in [-0.15, -0.1) is 0 Å². The molecular weight excluding hydrogens is 302 g/mol. The molecule has 2 aromatic rings. The summed E-state index contributed by atoms with van der Waals surface area (Å²) in [4.78, 5) is 12.8. The van der Waals surface area contributed by atoms with Gasteiger partial charge in [-0.05, 0) is 25.0 Å². The molecule has 1 aromatic carbocycles. The first kappa shape index (κ1) is 15.2. The van der Waals surface area contributed by atoms with E-state index in [1.165, 1.54) is 25.7 Å². The average molecular weight is 325 g/mol. The lowest BCUT2D eigenvalue weighted by molar-refractivity contribution is 0.0925. The lowest BCUT2D eigenvalue weighted by atomic mass is 10.0. The number of amides is 1. The van der Waals surface area contributed by atoms with Gasteiger partial charge in [-0.3, -0.25) is 9.48 Å². The molecule has 1 aromatic heterocycles. The van der Waals surface area contributed by atoms with E-state index in [0.717, 1.165) is 35.4 Å². The molecule has 5 heteroatoms. The van der Waals surface area contributed by atoms with Gasteiger partial charge in [-0.25, -0.2) is 0 Å². The van der Waals surface area contributed by atoms with E-state index in [4.69, 9.17) is 4.74 Å². The van der Waals surface area contributed by atoms with Crippen molar-refractivity contribution in [1.29, 1.82) is 0 Å². The van der Waals surface area contributed by atoms with Crippen molar-refractivity contribution < 1.29 is 9.53 Å². The van der Waals surface area contributed by atoms with Crippen LogP contribution in [0.25, 0.3) is 11.3 Å². The molecule has 1 aliphatic heterocycles. The number of carbonyl (C=O) groups excluding carboxylic acids is 1. The van der Waals surface area contributed by atoms with Gasteiger partial charge in [-0.1, -0.05) is 37.8 Å². The highest BCUT2D eigenvalue weighted by molar-refractivity contribution is 5.96. The Morgan fingerprint density at radius 2 is 1.96 bits per heavy atom. The standard InChI is InChI=1S/C19H23N3O2/c1-22-18-14-10-6-7-11-16(14)24-12-15(18)17(21-22)19(23)20-13-8-4-2-3-5-9-13/h6-7,10-11,13H,2-5,8-9,12H2,1H3,(H,20,23). The summed E-state index contributed by atoms with van der Waals surface area (Å²) in [7, 11) is 1.89. The van der Waals surface area contributed by atoms with Gasteiger partial charge < -0.3 is 10.1 Å². The van der Waals surface area contributed by atoms with Crippen LogP contribution in [0.1, 0.15) is 54.6 Å². The second-order valence-corrected chi connectivity index (χ2v) is 6.75. The number of ether oxygens (including phenoxy) is 1. The summed E-state index contributed by atoms with van der Waals surface area (Å²) in [6.07, 6.45) is 7.08. The highest BCUT2D eigenvalue weighted by atomic mass is 16.5. The summed E-state index contributed by atoms with van der Waals surface area (Å²) in [5, 5.41) is 7.70. The van der Waals surface area contributed by atoms with Crippen LogP contribution in [0.4, 0.5) is 0 Å². The highest BCUT2D eigenvalue weighted by Crippen LogP contribution is 2.38. The van der Waals surface area contributed by atoms with E-state index in [-0.39, 0.29) is 11.9 Å². The summed E-state index contributed by atoms with van der Waals surface area (Å²) in [6, 6.07) is 8.18. The molecule has 126 valence electrons. The smallest absolute Gasteiger partial charge is 0.272 e. The number of hydrogen-bond acceptors (Lipinski definition) is 3. The van der Waals surface area contributed by atoms with Crippen LogP contribution >= 0.6 is 0 Å². The molecule has 1 aliphatic carbocycles. The number of para-hydroxylation sites is 1. The Bertz CT molecular complexity index is 758. The lowest BCUT2D eigenvalue weighted by Gasteiger charge is -2.19. The van der Waals surface area contributed by atoms with E-state index in [1.54, 1.807) is 4.68 Å². The van der Waals surface area contributed by atoms with E-state index in [0.29, 0.717) is 12.3 Å². The molecule has 1 saturated carbocycles. The van der Waals surface area contributed by atoms with E-state index < -0.39 is 0 Å². The third-order valence-electron chi connectivity index (χ3n) is 5.06. The monoisotopic (exact) mass is 325 g/mol. The van der Waals surface area contributed by atoms with Crippen molar-refractivity contribution in [3.05, 3.63) is 35.5 Å². The first-order valence-electron chi connectivity index (χ1n) is 8.83. The average Bonchev–Trinajstić information content (AvgIpc) is 2.76. The molecule has 2 aliphatic rings. The van der Waals surface area contributed by atoms with Crippen LogP contribution in [0.15, 0.2) is 24.3 Å². The highest BCUT2D eigenvalue weighted by Gasteiger charge is 2.29. The van der Waals surface area contributed by atoms with Gasteiger partial charge in [0.05, 0.1) is 5.69 Å². The van der Waals surface area contributed by atoms with Crippen molar-refractivity contribution >= 4 is 5.91 Å². The third-order valence-corrected chi connectivity index (χ3v) is 5.06. The Kier molecular flexibility index (Phi) is 4.00. The third kappa shape index (κ3) is 2.68. The van der Waals surface area contributed by atoms with Gasteiger partial charge in [0.1, 0.15) is 12.4 Å². The maximum atomic E-state index is 12.8. The zero-order valence-corrected chi connectivity index (χ0v) is 14.0. The normalized spacial score (nSPS) is 17.4. The number of nitrogens with one attached hydrogen (secondary N) is 1. The van der Waals surface area contributed by atoms with Gasteiger partial charge >= 0.3 is 0 Å². The van der Waals surface area contributed by atoms with Crippen molar-refractivity contribution in [1.82, 2.24) is 15.1 Å². The zero-order chi connectivity index (χ0) is 16.5. The molecule has 0 unspecified atom stereocenters. The van der Waals surface area contributed by atoms with E-state index >= 15 is 0 Å². The maximum absolute atomic E-state index is 12.8. The van der Waals surface area contributed by atoms with Crippen molar-refractivity contribution in [2.75, 3.05) is 0 Å². The molecule has 0 bridgehead atoms. The molecule has 2 heterocycles. The molecule has 1 fully saturated rings. The number of aromatic nitrogens is 2. The maximum Gasteiger partial charge on any atom is 0.272 e. The number of nitrogens with zero attached hydrogens (tertiary/aromatic N) is 2. The summed E-state index contributed by atoms with van der Waals surface area (Å²) < 4.78 is 7.63. The predicted molar refractivity (Wildman–Crippen MR) is 91.9 cm³/mol. The van der Waals surface area contributed by atoms with E-state index in [1.807, 2.05) is 31.3 Å². The second kappa shape index (κ2) is 6.30. The first-order chi connectivity index (χ1) is 11.7. The van der Waals surface area contributed by atoms with Crippen LogP contribution < -0.4 is 10.1 Å². The molecule has 1 N–H and O–H groups in total. The van der Waals surface area contributed by atoms with Crippen molar-refractivity contribution in [3.63, 3.8) is 0 Å². The van der Waals surface area contributed by atoms with Gasteiger partial charge in [0, 0.05) is 24.2 Å². The van der Waals surface area contributed by atoms with Crippen LogP contribution in [0, 0.1) is 0 Å². The summed E-state index contributed by atoms with van der Waals surface area (Å²) in [5.41, 5.74) is 3.39. The minimum atomic E-state index is -0.0678. The molecule has 0 saturated heterocycles. The fourth-order valence-electron chi connectivity index (χ4n) is 3.84. The quantitative estimate of drug-likeness (QED) is 0.861. The van der Waals surface area contributed by atoms with Crippen LogP contribution in [0.2, 0.25) is 0 Å². The Labute approximate surface area is 142 Å². The fraction of sp³-hybridized carbons (Fsp3) is 0.474. The van der Waals surface area contributed by atoms with Crippen LogP contribution in [-0.4, -0.2) is 21.7 Å². The predicted octanol–water partition coefficient (Wildman–Crippen LogP) is 3.43. The van der Waals surface area contributed by atoms with Gasteiger partial charge in [0.15, 0.2) is 5.69 Å². The van der Waals surface area contributed by atoms with E-state index in [2.05, 4.69) is 10.4 Å². The van der Waals surface area contributed by atoms with Crippen molar-refractivity contribution in [3.8, 4) is 17.0 Å². The molecule has 5 nitrogen and oxygen atoms in total. The number of aryl methyl sites for hydroxylation is 1. The number of carbonyl (C=O) groups is 1. The lowest BCUT2D eigenvalue weighted by Crippen LogP contribution is -2.35. The van der Waals surface area contributed by atoms with Gasteiger partial charge in [0.2, 0.25) is 0 Å². The van der Waals surface area contributed by atoms with Gasteiger partial charge in [0.25, 0.3) is 5.91 Å². The Morgan fingerprint density at radius 1 is 1.21 bits per heavy atom. The summed E-state index contributed by atoms with van der Waals surface area (Å²) >= 11 is 0. The number of hydrogen-bond donors (Lipinski definition) is 1. The molecule has 0 radical (unpaired) electrons. The summed E-state index contributed by atoms with van der Waals surface area (Å²) in [5.74, 6) is 0.783. The molecule has 4 rings (SSSR count). The van der Waals surface area contributed by atoms with Crippen molar-refractivity contribution in [2.24, 2.45) is 7.05 Å².